The largest absolute Gasteiger partial charge is 0.486 e. The number of urea groups is 1. The number of hydrogen-bond acceptors (Lipinski definition) is 5. The van der Waals surface area contributed by atoms with Crippen molar-refractivity contribution in [1.82, 2.24) is 10.6 Å². The lowest BCUT2D eigenvalue weighted by Crippen LogP contribution is -2.55. The number of amides is 4. The summed E-state index contributed by atoms with van der Waals surface area (Å²) < 4.78 is 11.1. The van der Waals surface area contributed by atoms with E-state index in [2.05, 4.69) is 10.6 Å². The fourth-order valence-electron chi connectivity index (χ4n) is 2.75. The van der Waals surface area contributed by atoms with Crippen LogP contribution in [0.25, 0.3) is 0 Å². The molecule has 134 valence electrons. The summed E-state index contributed by atoms with van der Waals surface area (Å²) >= 11 is 0. The highest BCUT2D eigenvalue weighted by Crippen LogP contribution is 2.43. The molecule has 0 saturated heterocycles. The van der Waals surface area contributed by atoms with Crippen molar-refractivity contribution in [1.29, 1.82) is 0 Å². The molecule has 25 heavy (non-hydrogen) atoms. The van der Waals surface area contributed by atoms with Crippen molar-refractivity contribution in [2.45, 2.75) is 24.9 Å². The normalized spacial score (nSPS) is 16.8. The van der Waals surface area contributed by atoms with Crippen LogP contribution in [0.15, 0.2) is 18.2 Å². The summed E-state index contributed by atoms with van der Waals surface area (Å²) in [7, 11) is 0. The van der Waals surface area contributed by atoms with E-state index in [1.165, 1.54) is 0 Å². The third-order valence-corrected chi connectivity index (χ3v) is 4.15. The zero-order valence-electron chi connectivity index (χ0n) is 13.5. The van der Waals surface area contributed by atoms with Crippen LogP contribution in [0.5, 0.6) is 11.5 Å². The van der Waals surface area contributed by atoms with Gasteiger partial charge in [0, 0.05) is 0 Å². The molecule has 1 atom stereocenters. The van der Waals surface area contributed by atoms with Gasteiger partial charge in [-0.25, -0.2) is 4.79 Å². The number of carbonyl (C=O) groups is 3. The Morgan fingerprint density at radius 2 is 1.64 bits per heavy atom. The topological polar surface area (TPSA) is 146 Å². The average molecular weight is 348 g/mol. The fourth-order valence-corrected chi connectivity index (χ4v) is 2.75. The van der Waals surface area contributed by atoms with Gasteiger partial charge in [-0.2, -0.15) is 0 Å². The molecule has 1 aromatic rings. The van der Waals surface area contributed by atoms with E-state index in [9.17, 15) is 14.4 Å². The number of nitrogens with one attached hydrogen (secondary N) is 2. The monoisotopic (exact) mass is 348 g/mol. The van der Waals surface area contributed by atoms with E-state index >= 15 is 0 Å². The van der Waals surface area contributed by atoms with Crippen LogP contribution in [0.4, 0.5) is 4.79 Å². The van der Waals surface area contributed by atoms with Gasteiger partial charge in [-0.15, -0.1) is 0 Å². The molecule has 1 aliphatic carbocycles. The maximum atomic E-state index is 12.2. The van der Waals surface area contributed by atoms with Gasteiger partial charge in [-0.1, -0.05) is 6.07 Å². The predicted octanol–water partition coefficient (Wildman–Crippen LogP) is -0.453. The lowest BCUT2D eigenvalue weighted by Gasteiger charge is -2.23. The van der Waals surface area contributed by atoms with Gasteiger partial charge >= 0.3 is 6.03 Å². The molecule has 0 radical (unpaired) electrons. The van der Waals surface area contributed by atoms with Crippen molar-refractivity contribution < 1.29 is 23.9 Å². The van der Waals surface area contributed by atoms with Crippen LogP contribution in [-0.4, -0.2) is 37.1 Å². The molecule has 1 aliphatic heterocycles. The Morgan fingerprint density at radius 3 is 2.24 bits per heavy atom. The van der Waals surface area contributed by atoms with E-state index in [0.717, 1.165) is 18.4 Å². The summed E-state index contributed by atoms with van der Waals surface area (Å²) in [4.78, 5) is 34.5. The molecule has 1 saturated carbocycles. The maximum absolute atomic E-state index is 12.2. The first-order chi connectivity index (χ1) is 12.0. The van der Waals surface area contributed by atoms with Gasteiger partial charge in [0.1, 0.15) is 13.2 Å². The predicted molar refractivity (Wildman–Crippen MR) is 86.7 cm³/mol. The summed E-state index contributed by atoms with van der Waals surface area (Å²) in [6, 6.07) is 2.97. The van der Waals surface area contributed by atoms with Crippen molar-refractivity contribution in [2.24, 2.45) is 17.4 Å². The van der Waals surface area contributed by atoms with Crippen LogP contribution >= 0.6 is 0 Å². The van der Waals surface area contributed by atoms with Crippen molar-refractivity contribution in [3.8, 4) is 11.5 Å². The molecule has 0 unspecified atom stereocenters. The highest BCUT2D eigenvalue weighted by molar-refractivity contribution is 6.05. The number of ether oxygens (including phenoxy) is 2. The molecule has 3 rings (SSSR count). The number of hydrogen-bond donors (Lipinski definition) is 4. The lowest BCUT2D eigenvalue weighted by atomic mass is 10.0. The standard InChI is InChI=1S/C16H20N4O5/c17-14(21)13(15(18)22)20-16(23)19-12(8-1-2-8)9-3-4-10-11(7-9)25-6-5-24-10/h3-4,7-8,12-13H,1-2,5-6H2,(H2,17,21)(H2,18,22)(H2,19,20,23)/t12-/m0/s1. The van der Waals surface area contributed by atoms with E-state index in [4.69, 9.17) is 20.9 Å². The highest BCUT2D eigenvalue weighted by atomic mass is 16.6. The molecule has 0 spiro atoms. The number of primary amides is 2. The number of carbonyl (C=O) groups excluding carboxylic acids is 3. The smallest absolute Gasteiger partial charge is 0.316 e. The van der Waals surface area contributed by atoms with Crippen LogP contribution in [0.3, 0.4) is 0 Å². The van der Waals surface area contributed by atoms with Gasteiger partial charge in [0.25, 0.3) is 0 Å². The SMILES string of the molecule is NC(=O)C(NC(=O)N[C@H](c1ccc2c(c1)OCCO2)C1CC1)C(N)=O. The molecule has 0 aromatic heterocycles. The van der Waals surface area contributed by atoms with Crippen molar-refractivity contribution in [3.63, 3.8) is 0 Å². The lowest BCUT2D eigenvalue weighted by molar-refractivity contribution is -0.128. The molecule has 4 amide bonds. The number of fused-ring (bicyclic) bond motifs is 1. The highest BCUT2D eigenvalue weighted by Gasteiger charge is 2.35. The Balaban J connectivity index is 1.72. The Morgan fingerprint density at radius 1 is 1.00 bits per heavy atom. The summed E-state index contributed by atoms with van der Waals surface area (Å²) in [5.41, 5.74) is 11.0. The van der Waals surface area contributed by atoms with Crippen LogP contribution < -0.4 is 31.6 Å². The third-order valence-electron chi connectivity index (χ3n) is 4.15. The van der Waals surface area contributed by atoms with Gasteiger partial charge in [0.15, 0.2) is 17.5 Å². The Labute approximate surface area is 144 Å². The second kappa shape index (κ2) is 6.88. The van der Waals surface area contributed by atoms with Crippen molar-refractivity contribution >= 4 is 17.8 Å². The molecule has 9 nitrogen and oxygen atoms in total. The zero-order chi connectivity index (χ0) is 18.0. The average Bonchev–Trinajstić information content (AvgIpc) is 3.41. The number of rotatable bonds is 6. The molecule has 2 aliphatic rings. The van der Waals surface area contributed by atoms with Gasteiger partial charge in [-0.3, -0.25) is 9.59 Å². The quantitative estimate of drug-likeness (QED) is 0.514. The summed E-state index contributed by atoms with van der Waals surface area (Å²) in [6.45, 7) is 0.970. The summed E-state index contributed by atoms with van der Waals surface area (Å²) in [5.74, 6) is -0.455. The minimum Gasteiger partial charge on any atom is -0.486 e. The van der Waals surface area contributed by atoms with Crippen LogP contribution in [0.1, 0.15) is 24.4 Å². The van der Waals surface area contributed by atoms with E-state index in [1.807, 2.05) is 12.1 Å². The third kappa shape index (κ3) is 3.93. The minimum absolute atomic E-state index is 0.272. The second-order valence-electron chi connectivity index (χ2n) is 6.07. The molecule has 1 heterocycles. The first kappa shape index (κ1) is 16.9. The Hall–Kier alpha value is -2.97. The van der Waals surface area contributed by atoms with E-state index in [0.29, 0.717) is 24.7 Å². The zero-order valence-corrected chi connectivity index (χ0v) is 13.5. The molecular formula is C16H20N4O5. The van der Waals surface area contributed by atoms with Crippen molar-refractivity contribution in [3.05, 3.63) is 23.8 Å². The van der Waals surface area contributed by atoms with Crippen molar-refractivity contribution in [2.75, 3.05) is 13.2 Å². The van der Waals surface area contributed by atoms with E-state index < -0.39 is 23.9 Å². The Kier molecular flexibility index (Phi) is 4.64. The number of benzene rings is 1. The molecular weight excluding hydrogens is 328 g/mol. The minimum atomic E-state index is -1.56. The molecule has 0 bridgehead atoms. The molecule has 1 fully saturated rings. The first-order valence-corrected chi connectivity index (χ1v) is 8.01. The summed E-state index contributed by atoms with van der Waals surface area (Å²) in [6.07, 6.45) is 1.93. The number of nitrogens with two attached hydrogens (primary N) is 2. The summed E-state index contributed by atoms with van der Waals surface area (Å²) in [5, 5.41) is 4.99. The fraction of sp³-hybridized carbons (Fsp3) is 0.438. The van der Waals surface area contributed by atoms with Gasteiger partial charge in [0.2, 0.25) is 11.8 Å². The first-order valence-electron chi connectivity index (χ1n) is 8.01. The van der Waals surface area contributed by atoms with E-state index in [1.54, 1.807) is 6.07 Å². The van der Waals surface area contributed by atoms with Crippen LogP contribution in [-0.2, 0) is 9.59 Å². The molecule has 1 aromatic carbocycles. The van der Waals surface area contributed by atoms with Gasteiger partial charge in [0.05, 0.1) is 6.04 Å². The maximum Gasteiger partial charge on any atom is 0.316 e. The molecule has 9 heteroatoms. The van der Waals surface area contributed by atoms with Gasteiger partial charge < -0.3 is 31.6 Å². The van der Waals surface area contributed by atoms with Gasteiger partial charge in [-0.05, 0) is 36.5 Å². The van der Waals surface area contributed by atoms with Crippen LogP contribution in [0, 0.1) is 5.92 Å². The van der Waals surface area contributed by atoms with Crippen LogP contribution in [0.2, 0.25) is 0 Å². The molecule has 6 N–H and O–H groups in total. The van der Waals surface area contributed by atoms with E-state index in [-0.39, 0.29) is 12.0 Å². The second-order valence-corrected chi connectivity index (χ2v) is 6.07. The Bertz CT molecular complexity index is 690.